The minimum absolute atomic E-state index is 0.133. The van der Waals surface area contributed by atoms with Gasteiger partial charge in [0, 0.05) is 23.2 Å². The molecule has 3 rings (SSSR count). The maximum absolute atomic E-state index is 11.8. The average Bonchev–Trinajstić information content (AvgIpc) is 3.23. The molecular weight excluding hydrogens is 362 g/mol. The average molecular weight is 379 g/mol. The number of nitrogens with one attached hydrogen (secondary N) is 2. The summed E-state index contributed by atoms with van der Waals surface area (Å²) in [5, 5.41) is 5.44. The van der Waals surface area contributed by atoms with E-state index in [1.165, 1.54) is 12.3 Å². The Bertz CT molecular complexity index is 1010. The maximum atomic E-state index is 11.8. The number of ether oxygens (including phenoxy) is 1. The third-order valence-corrected chi connectivity index (χ3v) is 3.66. The number of carbonyl (C=O) groups excluding carboxylic acids is 3. The molecule has 2 aromatic heterocycles. The highest BCUT2D eigenvalue weighted by Gasteiger charge is 2.10. The number of benzene rings is 1. The molecule has 3 amide bonds. The van der Waals surface area contributed by atoms with Gasteiger partial charge in [-0.15, -0.1) is 0 Å². The van der Waals surface area contributed by atoms with Crippen molar-refractivity contribution in [3.8, 4) is 0 Å². The van der Waals surface area contributed by atoms with Gasteiger partial charge in [-0.25, -0.2) is 9.59 Å². The Morgan fingerprint density at radius 2 is 1.96 bits per heavy atom. The van der Waals surface area contributed by atoms with E-state index < -0.39 is 24.5 Å². The summed E-state index contributed by atoms with van der Waals surface area (Å²) < 4.78 is 9.88. The molecule has 28 heavy (non-hydrogen) atoms. The number of aromatic nitrogens is 1. The smallest absolute Gasteiger partial charge is 0.331 e. The molecule has 0 unspecified atom stereocenters. The van der Waals surface area contributed by atoms with Crippen LogP contribution in [-0.4, -0.2) is 29.5 Å². The van der Waals surface area contributed by atoms with Crippen LogP contribution in [0.3, 0.4) is 0 Å². The zero-order chi connectivity index (χ0) is 19.8. The first kappa shape index (κ1) is 18.8. The van der Waals surface area contributed by atoms with Crippen molar-refractivity contribution in [2.75, 3.05) is 6.61 Å². The van der Waals surface area contributed by atoms with Crippen molar-refractivity contribution < 1.29 is 23.5 Å². The molecule has 0 spiro atoms. The zero-order valence-electron chi connectivity index (χ0n) is 14.8. The fourth-order valence-electron chi connectivity index (χ4n) is 2.39. The SMILES string of the molecule is O=C(COC(=O)/C=C/c1cccc2cccnc12)NC(=O)NCc1ccco1. The van der Waals surface area contributed by atoms with Gasteiger partial charge in [0.05, 0.1) is 18.3 Å². The number of hydrogen-bond donors (Lipinski definition) is 2. The predicted octanol–water partition coefficient (Wildman–Crippen LogP) is 2.41. The van der Waals surface area contributed by atoms with Crippen LogP contribution < -0.4 is 10.6 Å². The molecule has 1 aromatic carbocycles. The number of furan rings is 1. The van der Waals surface area contributed by atoms with Crippen molar-refractivity contribution in [1.82, 2.24) is 15.6 Å². The summed E-state index contributed by atoms with van der Waals surface area (Å²) in [5.41, 5.74) is 1.50. The molecule has 0 aliphatic heterocycles. The van der Waals surface area contributed by atoms with Crippen LogP contribution in [0.25, 0.3) is 17.0 Å². The van der Waals surface area contributed by atoms with E-state index in [4.69, 9.17) is 9.15 Å². The molecule has 0 atom stereocenters. The van der Waals surface area contributed by atoms with E-state index in [2.05, 4.69) is 15.6 Å². The number of urea groups is 1. The van der Waals surface area contributed by atoms with Gasteiger partial charge in [-0.2, -0.15) is 0 Å². The number of imide groups is 1. The van der Waals surface area contributed by atoms with E-state index in [1.54, 1.807) is 24.4 Å². The van der Waals surface area contributed by atoms with Gasteiger partial charge in [-0.1, -0.05) is 24.3 Å². The molecule has 0 saturated carbocycles. The van der Waals surface area contributed by atoms with Crippen molar-refractivity contribution >= 4 is 34.9 Å². The van der Waals surface area contributed by atoms with E-state index in [-0.39, 0.29) is 6.54 Å². The third kappa shape index (κ3) is 5.28. The molecule has 0 radical (unpaired) electrons. The molecule has 0 bridgehead atoms. The molecule has 8 heteroatoms. The van der Waals surface area contributed by atoms with E-state index in [1.807, 2.05) is 30.3 Å². The maximum Gasteiger partial charge on any atom is 0.331 e. The summed E-state index contributed by atoms with van der Waals surface area (Å²) >= 11 is 0. The van der Waals surface area contributed by atoms with E-state index in [9.17, 15) is 14.4 Å². The van der Waals surface area contributed by atoms with Crippen molar-refractivity contribution in [3.05, 3.63) is 72.3 Å². The quantitative estimate of drug-likeness (QED) is 0.503. The minimum Gasteiger partial charge on any atom is -0.467 e. The van der Waals surface area contributed by atoms with Crippen LogP contribution in [0.5, 0.6) is 0 Å². The normalized spacial score (nSPS) is 10.7. The number of fused-ring (bicyclic) bond motifs is 1. The molecule has 2 heterocycles. The van der Waals surface area contributed by atoms with Gasteiger partial charge >= 0.3 is 12.0 Å². The molecule has 0 saturated heterocycles. The number of rotatable bonds is 6. The van der Waals surface area contributed by atoms with Crippen molar-refractivity contribution in [1.29, 1.82) is 0 Å². The lowest BCUT2D eigenvalue weighted by Gasteiger charge is -2.05. The van der Waals surface area contributed by atoms with Crippen molar-refractivity contribution in [3.63, 3.8) is 0 Å². The minimum atomic E-state index is -0.745. The second-order valence-electron chi connectivity index (χ2n) is 5.67. The van der Waals surface area contributed by atoms with Crippen molar-refractivity contribution in [2.24, 2.45) is 0 Å². The summed E-state index contributed by atoms with van der Waals surface area (Å²) in [7, 11) is 0. The number of amides is 3. The first-order valence-electron chi connectivity index (χ1n) is 8.40. The third-order valence-electron chi connectivity index (χ3n) is 3.66. The fourth-order valence-corrected chi connectivity index (χ4v) is 2.39. The monoisotopic (exact) mass is 379 g/mol. The Balaban J connectivity index is 1.45. The van der Waals surface area contributed by atoms with Crippen LogP contribution in [0.1, 0.15) is 11.3 Å². The van der Waals surface area contributed by atoms with Gasteiger partial charge in [0.2, 0.25) is 0 Å². The first-order valence-corrected chi connectivity index (χ1v) is 8.40. The summed E-state index contributed by atoms with van der Waals surface area (Å²) in [4.78, 5) is 39.3. The molecule has 0 fully saturated rings. The molecule has 2 N–H and O–H groups in total. The molecule has 3 aromatic rings. The Morgan fingerprint density at radius 1 is 1.11 bits per heavy atom. The second-order valence-corrected chi connectivity index (χ2v) is 5.67. The van der Waals surface area contributed by atoms with Crippen LogP contribution in [0.4, 0.5) is 4.79 Å². The van der Waals surface area contributed by atoms with E-state index in [0.717, 1.165) is 16.5 Å². The summed E-state index contributed by atoms with van der Waals surface area (Å²) in [6.45, 7) is -0.446. The second kappa shape index (κ2) is 9.13. The number of carbonyl (C=O) groups is 3. The van der Waals surface area contributed by atoms with Crippen LogP contribution in [0, 0.1) is 0 Å². The molecular formula is C20H17N3O5. The fraction of sp³-hybridized carbons (Fsp3) is 0.100. The number of para-hydroxylation sites is 1. The van der Waals surface area contributed by atoms with Crippen LogP contribution in [-0.2, 0) is 20.9 Å². The van der Waals surface area contributed by atoms with Crippen molar-refractivity contribution in [2.45, 2.75) is 6.54 Å². The summed E-state index contributed by atoms with van der Waals surface area (Å²) in [6.07, 6.45) is 5.90. The molecule has 0 aliphatic carbocycles. The van der Waals surface area contributed by atoms with Gasteiger partial charge in [0.15, 0.2) is 6.61 Å². The van der Waals surface area contributed by atoms with Crippen LogP contribution in [0.15, 0.2) is 65.4 Å². The number of pyridine rings is 1. The zero-order valence-corrected chi connectivity index (χ0v) is 14.8. The lowest BCUT2D eigenvalue weighted by molar-refractivity contribution is -0.143. The van der Waals surface area contributed by atoms with Gasteiger partial charge < -0.3 is 14.5 Å². The number of esters is 1. The lowest BCUT2D eigenvalue weighted by Crippen LogP contribution is -2.41. The van der Waals surface area contributed by atoms with Crippen LogP contribution >= 0.6 is 0 Å². The number of hydrogen-bond acceptors (Lipinski definition) is 6. The van der Waals surface area contributed by atoms with Gasteiger partial charge in [-0.05, 0) is 24.3 Å². The van der Waals surface area contributed by atoms with Gasteiger partial charge in [-0.3, -0.25) is 15.1 Å². The van der Waals surface area contributed by atoms with Crippen LogP contribution in [0.2, 0.25) is 0 Å². The molecule has 142 valence electrons. The Hall–Kier alpha value is -3.94. The van der Waals surface area contributed by atoms with Gasteiger partial charge in [0.1, 0.15) is 5.76 Å². The topological polar surface area (TPSA) is 111 Å². The summed E-state index contributed by atoms with van der Waals surface area (Å²) in [6, 6.07) is 12.0. The highest BCUT2D eigenvalue weighted by Crippen LogP contribution is 2.17. The van der Waals surface area contributed by atoms with Gasteiger partial charge in [0.25, 0.3) is 5.91 Å². The highest BCUT2D eigenvalue weighted by molar-refractivity contribution is 5.97. The lowest BCUT2D eigenvalue weighted by atomic mass is 10.1. The first-order chi connectivity index (χ1) is 13.6. The Labute approximate surface area is 160 Å². The molecule has 0 aliphatic rings. The Kier molecular flexibility index (Phi) is 6.14. The predicted molar refractivity (Wildman–Crippen MR) is 101 cm³/mol. The highest BCUT2D eigenvalue weighted by atomic mass is 16.5. The molecule has 8 nitrogen and oxygen atoms in total. The van der Waals surface area contributed by atoms with E-state index >= 15 is 0 Å². The van der Waals surface area contributed by atoms with E-state index in [0.29, 0.717) is 5.76 Å². The summed E-state index contributed by atoms with van der Waals surface area (Å²) in [5.74, 6) is -0.910. The number of nitrogens with zero attached hydrogens (tertiary/aromatic N) is 1. The largest absolute Gasteiger partial charge is 0.467 e. The standard InChI is InChI=1S/C20H17N3O5/c24-17(23-20(26)22-12-16-7-3-11-27-16)13-28-18(25)9-8-15-5-1-4-14-6-2-10-21-19(14)15/h1-11H,12-13H2,(H2,22,23,24,26)/b9-8+. The Morgan fingerprint density at radius 3 is 2.79 bits per heavy atom.